The highest BCUT2D eigenvalue weighted by Gasteiger charge is 2.26. The molecule has 0 saturated carbocycles. The molecule has 2 unspecified atom stereocenters. The minimum absolute atomic E-state index is 0.0503. The van der Waals surface area contributed by atoms with Crippen LogP contribution in [0.1, 0.15) is 322 Å². The monoisotopic (exact) mass is 1260 g/mol. The summed E-state index contributed by atoms with van der Waals surface area (Å²) < 4.78 is 33.2. The first-order valence-corrected chi connectivity index (χ1v) is 38.2. The van der Waals surface area contributed by atoms with Gasteiger partial charge in [0.15, 0.2) is 6.10 Å². The first kappa shape index (κ1) is 85.2. The van der Waals surface area contributed by atoms with Crippen LogP contribution in [0.25, 0.3) is 0 Å². The second-order valence-corrected chi connectivity index (χ2v) is 25.5. The lowest BCUT2D eigenvalue weighted by Gasteiger charge is -2.19. The van der Waals surface area contributed by atoms with E-state index < -0.39 is 26.5 Å². The number of phosphoric acid groups is 1. The van der Waals surface area contributed by atoms with Crippen LogP contribution in [0.3, 0.4) is 0 Å². The van der Waals surface area contributed by atoms with Crippen molar-refractivity contribution in [2.75, 3.05) is 26.4 Å². The van der Waals surface area contributed by atoms with Gasteiger partial charge in [-0.2, -0.15) is 0 Å². The number of phosphoric ester groups is 1. The number of hydrogen-bond acceptors (Lipinski definition) is 8. The third kappa shape index (κ3) is 73.1. The molecule has 0 amide bonds. The Morgan fingerprint density at radius 2 is 0.584 bits per heavy atom. The maximum atomic E-state index is 12.8. The fourth-order valence-electron chi connectivity index (χ4n) is 10.2. The Morgan fingerprint density at radius 1 is 0.337 bits per heavy atom. The van der Waals surface area contributed by atoms with Crippen molar-refractivity contribution in [3.05, 3.63) is 134 Å². The fraction of sp³-hybridized carbons (Fsp3) is 0.696. The first-order chi connectivity index (χ1) is 43.8. The van der Waals surface area contributed by atoms with Gasteiger partial charge in [0.1, 0.15) is 6.61 Å². The molecule has 2 atom stereocenters. The zero-order chi connectivity index (χ0) is 64.4. The predicted molar refractivity (Wildman–Crippen MR) is 385 cm³/mol. The van der Waals surface area contributed by atoms with Gasteiger partial charge in [-0.05, 0) is 109 Å². The Hall–Kier alpha value is -3.85. The lowest BCUT2D eigenvalue weighted by atomic mass is 10.0. The third-order valence-electron chi connectivity index (χ3n) is 15.5. The van der Waals surface area contributed by atoms with Crippen LogP contribution in [0, 0.1) is 0 Å². The highest BCUT2D eigenvalue weighted by molar-refractivity contribution is 7.47. The number of rotatable bonds is 68. The summed E-state index contributed by atoms with van der Waals surface area (Å²) in [6, 6.07) is 0. The number of nitrogens with two attached hydrogens (primary N) is 1. The van der Waals surface area contributed by atoms with Crippen LogP contribution in [0.2, 0.25) is 0 Å². The SMILES string of the molecule is CC/C=C\C/C=C\C/C=C\C/C=C\C/C=C\C/C=C\C/C=C\CCCCCCCCCCCCCCCCCCCCCC(=O)OC(COC(=O)CCCCCCCCCCCCCCCC/C=C\C/C=C\C/C=C\C/C=C\CC)COP(=O)(O)OCCN. The summed E-state index contributed by atoms with van der Waals surface area (Å²) >= 11 is 0. The summed E-state index contributed by atoms with van der Waals surface area (Å²) in [6.07, 6.45) is 104. The van der Waals surface area contributed by atoms with E-state index in [-0.39, 0.29) is 38.6 Å². The minimum atomic E-state index is -4.40. The van der Waals surface area contributed by atoms with Gasteiger partial charge < -0.3 is 20.1 Å². The number of allylic oxidation sites excluding steroid dienone is 22. The van der Waals surface area contributed by atoms with Crippen molar-refractivity contribution in [1.82, 2.24) is 0 Å². The summed E-state index contributed by atoms with van der Waals surface area (Å²) in [5.41, 5.74) is 5.41. The molecule has 0 spiro atoms. The number of carbonyl (C=O) groups excluding carboxylic acids is 2. The summed E-state index contributed by atoms with van der Waals surface area (Å²) in [5.74, 6) is -0.821. The maximum absolute atomic E-state index is 12.8. The first-order valence-electron chi connectivity index (χ1n) is 36.7. The number of ether oxygens (including phenoxy) is 2. The molecule has 0 aliphatic heterocycles. The van der Waals surface area contributed by atoms with Gasteiger partial charge in [0.2, 0.25) is 0 Å². The van der Waals surface area contributed by atoms with Gasteiger partial charge in [0.05, 0.1) is 13.2 Å². The Kier molecular flexibility index (Phi) is 70.0. The van der Waals surface area contributed by atoms with Crippen LogP contribution >= 0.6 is 7.82 Å². The van der Waals surface area contributed by atoms with E-state index in [0.717, 1.165) is 109 Å². The van der Waals surface area contributed by atoms with E-state index in [1.54, 1.807) is 0 Å². The highest BCUT2D eigenvalue weighted by atomic mass is 31.2. The second kappa shape index (κ2) is 73.2. The molecular weight excluding hydrogens is 1120 g/mol. The molecule has 0 rings (SSSR count). The van der Waals surface area contributed by atoms with Crippen molar-refractivity contribution in [2.45, 2.75) is 328 Å². The molecule has 0 aromatic rings. The van der Waals surface area contributed by atoms with Crippen molar-refractivity contribution in [1.29, 1.82) is 0 Å². The van der Waals surface area contributed by atoms with Crippen molar-refractivity contribution in [3.8, 4) is 0 Å². The van der Waals surface area contributed by atoms with Crippen molar-refractivity contribution in [3.63, 3.8) is 0 Å². The van der Waals surface area contributed by atoms with E-state index in [2.05, 4.69) is 148 Å². The predicted octanol–water partition coefficient (Wildman–Crippen LogP) is 24.4. The van der Waals surface area contributed by atoms with Crippen LogP contribution < -0.4 is 5.73 Å². The average molecular weight is 1260 g/mol. The van der Waals surface area contributed by atoms with Gasteiger partial charge >= 0.3 is 19.8 Å². The molecule has 89 heavy (non-hydrogen) atoms. The van der Waals surface area contributed by atoms with E-state index >= 15 is 0 Å². The Labute approximate surface area is 548 Å². The molecule has 3 N–H and O–H groups in total. The van der Waals surface area contributed by atoms with Crippen molar-refractivity contribution < 1.29 is 37.6 Å². The van der Waals surface area contributed by atoms with Crippen LogP contribution in [0.15, 0.2) is 134 Å². The van der Waals surface area contributed by atoms with E-state index in [1.165, 1.54) is 180 Å². The zero-order valence-electron chi connectivity index (χ0n) is 57.4. The summed E-state index contributed by atoms with van der Waals surface area (Å²) in [5, 5.41) is 0. The number of unbranched alkanes of at least 4 members (excludes halogenated alkanes) is 33. The minimum Gasteiger partial charge on any atom is -0.462 e. The molecule has 10 heteroatoms. The summed E-state index contributed by atoms with van der Waals surface area (Å²) in [6.45, 7) is 3.55. The average Bonchev–Trinajstić information content (AvgIpc) is 3.58. The summed E-state index contributed by atoms with van der Waals surface area (Å²) in [7, 11) is -4.40. The normalized spacial score (nSPS) is 13.7. The maximum Gasteiger partial charge on any atom is 0.472 e. The molecule has 0 aliphatic carbocycles. The van der Waals surface area contributed by atoms with Gasteiger partial charge in [-0.25, -0.2) is 4.57 Å². The van der Waals surface area contributed by atoms with Gasteiger partial charge in [0.25, 0.3) is 0 Å². The number of hydrogen-bond donors (Lipinski definition) is 2. The molecule has 0 bridgehead atoms. The Morgan fingerprint density at radius 3 is 0.865 bits per heavy atom. The Bertz CT molecular complexity index is 1920. The largest absolute Gasteiger partial charge is 0.472 e. The quantitative estimate of drug-likeness (QED) is 0.0264. The van der Waals surface area contributed by atoms with Crippen LogP contribution in [0.4, 0.5) is 0 Å². The zero-order valence-corrected chi connectivity index (χ0v) is 58.3. The lowest BCUT2D eigenvalue weighted by Crippen LogP contribution is -2.29. The molecule has 0 aliphatic rings. The standard InChI is InChI=1S/C79H136NO8P/c1-3-5-7-9-11-13-15-17-19-21-23-25-27-29-31-32-33-34-35-36-37-38-39-40-41-42-43-44-46-48-50-52-54-56-58-60-62-64-66-68-70-72-79(82)88-77(76-87-89(83,84)86-74-73-80)75-85-78(81)71-69-67-65-63-61-59-57-55-53-51-49-47-45-30-28-26-24-22-20-18-16-14-12-10-8-6-4-2/h5-8,11-14,17-20,23-26,29,31,33-34,36-37,77H,3-4,9-10,15-16,21-22,27-28,30,32,35,38-76,80H2,1-2H3,(H,83,84)/b7-5-,8-6-,13-11-,14-12-,19-17-,20-18-,25-23-,26-24-,31-29-,34-33-,37-36-. The van der Waals surface area contributed by atoms with Crippen LogP contribution in [0.5, 0.6) is 0 Å². The highest BCUT2D eigenvalue weighted by Crippen LogP contribution is 2.43. The van der Waals surface area contributed by atoms with Gasteiger partial charge in [-0.3, -0.25) is 18.6 Å². The van der Waals surface area contributed by atoms with Crippen LogP contribution in [-0.4, -0.2) is 49.3 Å². The van der Waals surface area contributed by atoms with E-state index in [4.69, 9.17) is 24.3 Å². The van der Waals surface area contributed by atoms with E-state index in [0.29, 0.717) is 6.42 Å². The van der Waals surface area contributed by atoms with Gasteiger partial charge in [-0.1, -0.05) is 334 Å². The molecule has 0 radical (unpaired) electrons. The molecule has 510 valence electrons. The van der Waals surface area contributed by atoms with Gasteiger partial charge in [0, 0.05) is 19.4 Å². The molecular formula is C79H136NO8P. The Balaban J connectivity index is 3.84. The van der Waals surface area contributed by atoms with Gasteiger partial charge in [-0.15, -0.1) is 0 Å². The summed E-state index contributed by atoms with van der Waals surface area (Å²) in [4.78, 5) is 35.4. The fourth-order valence-corrected chi connectivity index (χ4v) is 11.0. The lowest BCUT2D eigenvalue weighted by molar-refractivity contribution is -0.161. The smallest absolute Gasteiger partial charge is 0.462 e. The number of esters is 2. The van der Waals surface area contributed by atoms with E-state index in [9.17, 15) is 19.0 Å². The molecule has 9 nitrogen and oxygen atoms in total. The molecule has 0 aromatic heterocycles. The van der Waals surface area contributed by atoms with Crippen molar-refractivity contribution in [2.24, 2.45) is 5.73 Å². The van der Waals surface area contributed by atoms with Crippen molar-refractivity contribution >= 4 is 19.8 Å². The molecule has 0 heterocycles. The second-order valence-electron chi connectivity index (χ2n) is 24.0. The molecule has 0 saturated heterocycles. The van der Waals surface area contributed by atoms with Crippen LogP contribution in [-0.2, 0) is 32.7 Å². The molecule has 0 aromatic carbocycles. The van der Waals surface area contributed by atoms with E-state index in [1.807, 2.05) is 0 Å². The third-order valence-corrected chi connectivity index (χ3v) is 16.5. The topological polar surface area (TPSA) is 134 Å². The molecule has 0 fully saturated rings. The number of carbonyl (C=O) groups is 2.